The molecule has 1 heterocycles. The van der Waals surface area contributed by atoms with Crippen LogP contribution in [0.2, 0.25) is 0 Å². The molecule has 1 nitrogen and oxygen atoms in total. The van der Waals surface area contributed by atoms with E-state index >= 15 is 0 Å². The molecule has 1 aromatic carbocycles. The average molecular weight is 375 g/mol. The third-order valence-corrected chi connectivity index (χ3v) is 4.98. The van der Waals surface area contributed by atoms with Crippen molar-refractivity contribution >= 4 is 43.2 Å². The second kappa shape index (κ2) is 6.12. The first-order valence-electron chi connectivity index (χ1n) is 5.42. The van der Waals surface area contributed by atoms with Crippen molar-refractivity contribution < 1.29 is 0 Å². The molecule has 17 heavy (non-hydrogen) atoms. The van der Waals surface area contributed by atoms with E-state index in [0.29, 0.717) is 5.92 Å². The first-order chi connectivity index (χ1) is 8.20. The van der Waals surface area contributed by atoms with Gasteiger partial charge < -0.3 is 0 Å². The SMILES string of the molecule is Cc1nc(CC(CBr)c2ccccc2Br)cs1. The summed E-state index contributed by atoms with van der Waals surface area (Å²) in [7, 11) is 0. The van der Waals surface area contributed by atoms with Crippen molar-refractivity contribution in [2.45, 2.75) is 19.3 Å². The van der Waals surface area contributed by atoms with Crippen LogP contribution in [0, 0.1) is 6.92 Å². The highest BCUT2D eigenvalue weighted by molar-refractivity contribution is 9.10. The molecule has 0 saturated carbocycles. The zero-order chi connectivity index (χ0) is 12.3. The summed E-state index contributed by atoms with van der Waals surface area (Å²) in [5.74, 6) is 0.465. The van der Waals surface area contributed by atoms with Crippen LogP contribution in [0.4, 0.5) is 0 Å². The van der Waals surface area contributed by atoms with Crippen molar-refractivity contribution in [2.24, 2.45) is 0 Å². The molecule has 1 unspecified atom stereocenters. The maximum Gasteiger partial charge on any atom is 0.0897 e. The van der Waals surface area contributed by atoms with E-state index in [0.717, 1.165) is 16.8 Å². The van der Waals surface area contributed by atoms with Gasteiger partial charge in [-0.05, 0) is 25.0 Å². The van der Waals surface area contributed by atoms with Crippen LogP contribution < -0.4 is 0 Å². The van der Waals surface area contributed by atoms with E-state index in [9.17, 15) is 0 Å². The predicted molar refractivity (Wildman–Crippen MR) is 81.2 cm³/mol. The molecule has 90 valence electrons. The number of benzene rings is 1. The van der Waals surface area contributed by atoms with Crippen molar-refractivity contribution in [3.63, 3.8) is 0 Å². The summed E-state index contributed by atoms with van der Waals surface area (Å²) < 4.78 is 1.18. The Bertz CT molecular complexity index is 496. The van der Waals surface area contributed by atoms with Crippen LogP contribution in [-0.4, -0.2) is 10.3 Å². The van der Waals surface area contributed by atoms with Crippen molar-refractivity contribution in [1.82, 2.24) is 4.98 Å². The van der Waals surface area contributed by atoms with Gasteiger partial charge in [0.2, 0.25) is 0 Å². The molecule has 0 aliphatic rings. The third kappa shape index (κ3) is 3.39. The Morgan fingerprint density at radius 3 is 2.71 bits per heavy atom. The first kappa shape index (κ1) is 13.2. The Morgan fingerprint density at radius 1 is 1.35 bits per heavy atom. The predicted octanol–water partition coefficient (Wildman–Crippen LogP) is 4.94. The minimum absolute atomic E-state index is 0.465. The van der Waals surface area contributed by atoms with Crippen LogP contribution in [-0.2, 0) is 6.42 Å². The summed E-state index contributed by atoms with van der Waals surface area (Å²) in [5.41, 5.74) is 2.53. The number of thiazole rings is 1. The lowest BCUT2D eigenvalue weighted by Gasteiger charge is -2.14. The number of rotatable bonds is 4. The van der Waals surface area contributed by atoms with E-state index in [1.54, 1.807) is 11.3 Å². The van der Waals surface area contributed by atoms with Crippen LogP contribution in [0.3, 0.4) is 0 Å². The van der Waals surface area contributed by atoms with Gasteiger partial charge in [0.1, 0.15) is 0 Å². The molecule has 0 aliphatic heterocycles. The quantitative estimate of drug-likeness (QED) is 0.691. The molecule has 2 rings (SSSR count). The molecule has 1 atom stereocenters. The van der Waals surface area contributed by atoms with Crippen molar-refractivity contribution in [2.75, 3.05) is 5.33 Å². The number of aryl methyl sites for hydroxylation is 1. The molecule has 0 saturated heterocycles. The molecule has 0 amide bonds. The number of hydrogen-bond acceptors (Lipinski definition) is 2. The molecule has 0 bridgehead atoms. The Hall–Kier alpha value is -0.190. The molecule has 0 fully saturated rings. The third-order valence-electron chi connectivity index (χ3n) is 2.65. The second-order valence-corrected chi connectivity index (χ2v) is 6.50. The Morgan fingerprint density at radius 2 is 2.12 bits per heavy atom. The van der Waals surface area contributed by atoms with Gasteiger partial charge in [-0.2, -0.15) is 0 Å². The van der Waals surface area contributed by atoms with Gasteiger partial charge >= 0.3 is 0 Å². The number of hydrogen-bond donors (Lipinski definition) is 0. The van der Waals surface area contributed by atoms with Gasteiger partial charge in [0, 0.05) is 21.1 Å². The van der Waals surface area contributed by atoms with Crippen LogP contribution >= 0.6 is 43.2 Å². The topological polar surface area (TPSA) is 12.9 Å². The van der Waals surface area contributed by atoms with Gasteiger partial charge in [0.15, 0.2) is 0 Å². The maximum absolute atomic E-state index is 4.54. The van der Waals surface area contributed by atoms with E-state index in [4.69, 9.17) is 0 Å². The van der Waals surface area contributed by atoms with Gasteiger partial charge in [-0.25, -0.2) is 4.98 Å². The van der Waals surface area contributed by atoms with Crippen molar-refractivity contribution in [3.05, 3.63) is 50.4 Å². The number of nitrogens with zero attached hydrogens (tertiary/aromatic N) is 1. The van der Waals surface area contributed by atoms with E-state index in [-0.39, 0.29) is 0 Å². The summed E-state index contributed by atoms with van der Waals surface area (Å²) in [6, 6.07) is 8.40. The maximum atomic E-state index is 4.54. The zero-order valence-electron chi connectivity index (χ0n) is 9.49. The fraction of sp³-hybridized carbons (Fsp3) is 0.308. The highest BCUT2D eigenvalue weighted by Gasteiger charge is 2.15. The lowest BCUT2D eigenvalue weighted by atomic mass is 9.97. The molecule has 4 heteroatoms. The molecular formula is C13H13Br2NS. The standard InChI is InChI=1S/C13H13Br2NS/c1-9-16-11(8-17-9)6-10(7-14)12-4-2-3-5-13(12)15/h2-5,8,10H,6-7H2,1H3. The smallest absolute Gasteiger partial charge is 0.0897 e. The van der Waals surface area contributed by atoms with E-state index < -0.39 is 0 Å². The molecule has 0 spiro atoms. The lowest BCUT2D eigenvalue weighted by Crippen LogP contribution is -2.05. The summed E-state index contributed by atoms with van der Waals surface area (Å²) in [6.07, 6.45) is 0.984. The van der Waals surface area contributed by atoms with E-state index in [1.165, 1.54) is 15.7 Å². The van der Waals surface area contributed by atoms with Gasteiger partial charge in [-0.15, -0.1) is 11.3 Å². The number of halogens is 2. The van der Waals surface area contributed by atoms with E-state index in [2.05, 4.69) is 67.3 Å². The normalized spacial score (nSPS) is 12.6. The Balaban J connectivity index is 2.20. The number of alkyl halides is 1. The van der Waals surface area contributed by atoms with Crippen LogP contribution in [0.25, 0.3) is 0 Å². The molecule has 0 radical (unpaired) electrons. The Kier molecular flexibility index (Phi) is 4.77. The monoisotopic (exact) mass is 373 g/mol. The summed E-state index contributed by atoms with van der Waals surface area (Å²) in [4.78, 5) is 4.54. The summed E-state index contributed by atoms with van der Waals surface area (Å²) in [5, 5.41) is 4.24. The largest absolute Gasteiger partial charge is 0.247 e. The van der Waals surface area contributed by atoms with Gasteiger partial charge in [0.05, 0.1) is 10.7 Å². The van der Waals surface area contributed by atoms with Crippen molar-refractivity contribution in [1.29, 1.82) is 0 Å². The number of aromatic nitrogens is 1. The zero-order valence-corrected chi connectivity index (χ0v) is 13.5. The molecule has 0 aliphatic carbocycles. The minimum atomic E-state index is 0.465. The van der Waals surface area contributed by atoms with Crippen LogP contribution in [0.15, 0.2) is 34.1 Å². The van der Waals surface area contributed by atoms with Crippen LogP contribution in [0.1, 0.15) is 22.2 Å². The molecule has 0 N–H and O–H groups in total. The van der Waals surface area contributed by atoms with Gasteiger partial charge in [-0.1, -0.05) is 50.1 Å². The lowest BCUT2D eigenvalue weighted by molar-refractivity contribution is 0.755. The summed E-state index contributed by atoms with van der Waals surface area (Å²) in [6.45, 7) is 2.05. The minimum Gasteiger partial charge on any atom is -0.247 e. The molecule has 2 aromatic rings. The average Bonchev–Trinajstić information content (AvgIpc) is 2.73. The van der Waals surface area contributed by atoms with E-state index in [1.807, 2.05) is 6.07 Å². The fourth-order valence-corrected chi connectivity index (χ4v) is 3.62. The first-order valence-corrected chi connectivity index (χ1v) is 8.21. The Labute approximate surface area is 123 Å². The fourth-order valence-electron chi connectivity index (χ4n) is 1.81. The second-order valence-electron chi connectivity index (χ2n) is 3.93. The highest BCUT2D eigenvalue weighted by Crippen LogP contribution is 2.29. The van der Waals surface area contributed by atoms with Gasteiger partial charge in [0.25, 0.3) is 0 Å². The summed E-state index contributed by atoms with van der Waals surface area (Å²) >= 11 is 8.94. The van der Waals surface area contributed by atoms with Crippen molar-refractivity contribution in [3.8, 4) is 0 Å². The van der Waals surface area contributed by atoms with Crippen LogP contribution in [0.5, 0.6) is 0 Å². The molecule has 1 aromatic heterocycles. The highest BCUT2D eigenvalue weighted by atomic mass is 79.9. The van der Waals surface area contributed by atoms with Gasteiger partial charge in [-0.3, -0.25) is 0 Å². The molecular weight excluding hydrogens is 362 g/mol.